The molecule has 26 heavy (non-hydrogen) atoms. The van der Waals surface area contributed by atoms with Crippen molar-refractivity contribution >= 4 is 0 Å². The Balaban J connectivity index is 1.28. The van der Waals surface area contributed by atoms with Gasteiger partial charge in [-0.15, -0.1) is 0 Å². The van der Waals surface area contributed by atoms with E-state index in [1.54, 1.807) is 0 Å². The maximum atomic E-state index is 6.16. The van der Waals surface area contributed by atoms with Crippen LogP contribution < -0.4 is 0 Å². The van der Waals surface area contributed by atoms with Crippen LogP contribution in [-0.4, -0.2) is 51.1 Å². The van der Waals surface area contributed by atoms with Gasteiger partial charge < -0.3 is 9.47 Å². The minimum absolute atomic E-state index is 0.0312. The van der Waals surface area contributed by atoms with Crippen molar-refractivity contribution in [2.75, 3.05) is 19.7 Å². The van der Waals surface area contributed by atoms with Crippen molar-refractivity contribution in [3.63, 3.8) is 0 Å². The minimum Gasteiger partial charge on any atom is -0.372 e. The molecule has 0 bridgehead atoms. The van der Waals surface area contributed by atoms with Crippen LogP contribution in [0.3, 0.4) is 0 Å². The summed E-state index contributed by atoms with van der Waals surface area (Å²) in [4.78, 5) is 6.96. The highest BCUT2D eigenvalue weighted by Crippen LogP contribution is 2.36. The number of pyridine rings is 1. The average molecular weight is 356 g/mol. The van der Waals surface area contributed by atoms with Crippen LogP contribution in [0.5, 0.6) is 0 Å². The molecule has 0 aromatic carbocycles. The van der Waals surface area contributed by atoms with Crippen LogP contribution in [0, 0.1) is 13.8 Å². The number of ether oxygens (including phenoxy) is 2. The molecule has 2 fully saturated rings. The van der Waals surface area contributed by atoms with Gasteiger partial charge in [0.05, 0.1) is 35.4 Å². The first-order valence-corrected chi connectivity index (χ1v) is 9.41. The largest absolute Gasteiger partial charge is 0.372 e. The molecule has 4 rings (SSSR count). The van der Waals surface area contributed by atoms with Gasteiger partial charge in [0, 0.05) is 45.4 Å². The summed E-state index contributed by atoms with van der Waals surface area (Å²) in [6.07, 6.45) is 2.20. The topological polar surface area (TPSA) is 52.4 Å². The van der Waals surface area contributed by atoms with Crippen LogP contribution in [0.4, 0.5) is 0 Å². The Kier molecular flexibility index (Phi) is 4.82. The number of nitrogens with zero attached hydrogens (tertiary/aromatic N) is 4. The number of aromatic nitrogens is 3. The van der Waals surface area contributed by atoms with Gasteiger partial charge in [-0.05, 0) is 38.5 Å². The predicted octanol–water partition coefficient (Wildman–Crippen LogP) is 2.38. The Labute approximate surface area is 155 Å². The smallest absolute Gasteiger partial charge is 0.0959 e. The summed E-state index contributed by atoms with van der Waals surface area (Å²) in [5.74, 6) is 0. The quantitative estimate of drug-likeness (QED) is 0.823. The molecular weight excluding hydrogens is 328 g/mol. The lowest BCUT2D eigenvalue weighted by atomic mass is 9.84. The van der Waals surface area contributed by atoms with Crippen LogP contribution in [0.2, 0.25) is 0 Å². The SMILES string of the molecule is Cc1cccc(COC2CCOC3(C2)CN(Cc2cc(C)nn2C)C3)n1. The van der Waals surface area contributed by atoms with Gasteiger partial charge in [-0.25, -0.2) is 0 Å². The van der Waals surface area contributed by atoms with Crippen LogP contribution in [0.1, 0.15) is 35.6 Å². The number of hydrogen-bond donors (Lipinski definition) is 0. The van der Waals surface area contributed by atoms with E-state index in [4.69, 9.17) is 9.47 Å². The van der Waals surface area contributed by atoms with Gasteiger partial charge in [0.2, 0.25) is 0 Å². The lowest BCUT2D eigenvalue weighted by molar-refractivity contribution is -0.201. The average Bonchev–Trinajstić information content (AvgIpc) is 2.89. The maximum absolute atomic E-state index is 6.16. The van der Waals surface area contributed by atoms with E-state index in [-0.39, 0.29) is 11.7 Å². The summed E-state index contributed by atoms with van der Waals surface area (Å²) in [5, 5.41) is 4.43. The Hall–Kier alpha value is -1.76. The van der Waals surface area contributed by atoms with E-state index >= 15 is 0 Å². The molecule has 6 heteroatoms. The highest BCUT2D eigenvalue weighted by molar-refractivity contribution is 5.11. The molecule has 2 aliphatic heterocycles. The van der Waals surface area contributed by atoms with E-state index in [1.165, 1.54) is 5.69 Å². The molecule has 140 valence electrons. The van der Waals surface area contributed by atoms with Gasteiger partial charge in [0.15, 0.2) is 0 Å². The molecule has 0 saturated carbocycles. The van der Waals surface area contributed by atoms with Gasteiger partial charge in [-0.3, -0.25) is 14.6 Å². The van der Waals surface area contributed by atoms with Crippen molar-refractivity contribution in [3.8, 4) is 0 Å². The standard InChI is InChI=1S/C20H28N4O2/c1-15-5-4-6-17(21-15)12-25-19-7-8-26-20(10-19)13-24(14-20)11-18-9-16(2)22-23(18)3/h4-6,9,19H,7-8,10-14H2,1-3H3. The molecule has 0 amide bonds. The van der Waals surface area contributed by atoms with Crippen molar-refractivity contribution < 1.29 is 9.47 Å². The van der Waals surface area contributed by atoms with Gasteiger partial charge in [0.1, 0.15) is 0 Å². The summed E-state index contributed by atoms with van der Waals surface area (Å²) in [7, 11) is 2.01. The maximum Gasteiger partial charge on any atom is 0.0959 e. The van der Waals surface area contributed by atoms with Gasteiger partial charge >= 0.3 is 0 Å². The molecular formula is C20H28N4O2. The Morgan fingerprint density at radius 3 is 2.85 bits per heavy atom. The van der Waals surface area contributed by atoms with E-state index in [2.05, 4.69) is 21.0 Å². The summed E-state index contributed by atoms with van der Waals surface area (Å²) >= 11 is 0. The molecule has 0 N–H and O–H groups in total. The molecule has 2 aromatic heterocycles. The van der Waals surface area contributed by atoms with Crippen LogP contribution in [0.15, 0.2) is 24.3 Å². The molecule has 1 atom stereocenters. The fraction of sp³-hybridized carbons (Fsp3) is 0.600. The Bertz CT molecular complexity index is 767. The molecule has 0 aliphatic carbocycles. The van der Waals surface area contributed by atoms with Crippen molar-refractivity contribution in [3.05, 3.63) is 47.0 Å². The molecule has 0 radical (unpaired) electrons. The van der Waals surface area contributed by atoms with E-state index in [9.17, 15) is 0 Å². The highest BCUT2D eigenvalue weighted by Gasteiger charge is 2.47. The van der Waals surface area contributed by atoms with Gasteiger partial charge in [-0.1, -0.05) is 6.07 Å². The third kappa shape index (κ3) is 3.82. The van der Waals surface area contributed by atoms with E-state index < -0.39 is 0 Å². The first-order chi connectivity index (χ1) is 12.5. The second-order valence-electron chi connectivity index (χ2n) is 7.77. The lowest BCUT2D eigenvalue weighted by Gasteiger charge is -2.53. The summed E-state index contributed by atoms with van der Waals surface area (Å²) in [6.45, 7) is 8.29. The number of aryl methyl sites for hydroxylation is 3. The summed E-state index contributed by atoms with van der Waals surface area (Å²) in [6, 6.07) is 8.24. The Morgan fingerprint density at radius 2 is 2.12 bits per heavy atom. The van der Waals surface area contributed by atoms with Crippen molar-refractivity contribution in [2.24, 2.45) is 7.05 Å². The summed E-state index contributed by atoms with van der Waals surface area (Å²) in [5.41, 5.74) is 4.34. The Morgan fingerprint density at radius 1 is 1.27 bits per heavy atom. The number of likely N-dealkylation sites (tertiary alicyclic amines) is 1. The second kappa shape index (κ2) is 7.10. The fourth-order valence-corrected chi connectivity index (χ4v) is 4.15. The fourth-order valence-electron chi connectivity index (χ4n) is 4.15. The molecule has 1 spiro atoms. The second-order valence-corrected chi connectivity index (χ2v) is 7.77. The van der Waals surface area contributed by atoms with Crippen molar-refractivity contribution in [2.45, 2.75) is 51.5 Å². The molecule has 2 aliphatic rings. The molecule has 6 nitrogen and oxygen atoms in total. The lowest BCUT2D eigenvalue weighted by Crippen LogP contribution is -2.65. The highest BCUT2D eigenvalue weighted by atomic mass is 16.5. The van der Waals surface area contributed by atoms with Crippen molar-refractivity contribution in [1.29, 1.82) is 0 Å². The summed E-state index contributed by atoms with van der Waals surface area (Å²) < 4.78 is 14.3. The predicted molar refractivity (Wildman–Crippen MR) is 98.7 cm³/mol. The molecule has 2 saturated heterocycles. The third-order valence-corrected chi connectivity index (χ3v) is 5.37. The molecule has 4 heterocycles. The first kappa shape index (κ1) is 17.6. The molecule has 1 unspecified atom stereocenters. The van der Waals surface area contributed by atoms with E-state index in [0.717, 1.165) is 56.2 Å². The zero-order valence-electron chi connectivity index (χ0n) is 15.9. The van der Waals surface area contributed by atoms with Crippen LogP contribution in [-0.2, 0) is 29.7 Å². The zero-order valence-corrected chi connectivity index (χ0v) is 15.9. The van der Waals surface area contributed by atoms with Crippen LogP contribution >= 0.6 is 0 Å². The van der Waals surface area contributed by atoms with Crippen molar-refractivity contribution in [1.82, 2.24) is 19.7 Å². The monoisotopic (exact) mass is 356 g/mol. The van der Waals surface area contributed by atoms with E-state index in [1.807, 2.05) is 43.8 Å². The first-order valence-electron chi connectivity index (χ1n) is 9.41. The minimum atomic E-state index is -0.0312. The normalized spacial score (nSPS) is 22.5. The van der Waals surface area contributed by atoms with E-state index in [0.29, 0.717) is 6.61 Å². The van der Waals surface area contributed by atoms with Crippen LogP contribution in [0.25, 0.3) is 0 Å². The van der Waals surface area contributed by atoms with Gasteiger partial charge in [0.25, 0.3) is 0 Å². The number of hydrogen-bond acceptors (Lipinski definition) is 5. The molecule has 2 aromatic rings. The third-order valence-electron chi connectivity index (χ3n) is 5.37. The van der Waals surface area contributed by atoms with Gasteiger partial charge in [-0.2, -0.15) is 5.10 Å². The zero-order chi connectivity index (χ0) is 18.1. The number of rotatable bonds is 5.